The lowest BCUT2D eigenvalue weighted by Gasteiger charge is -2.23. The van der Waals surface area contributed by atoms with Crippen LogP contribution in [0.1, 0.15) is 29.0 Å². The number of ether oxygens (including phenoxy) is 4. The number of esters is 1. The van der Waals surface area contributed by atoms with E-state index in [2.05, 4.69) is 0 Å². The molecule has 2 heterocycles. The van der Waals surface area contributed by atoms with E-state index in [1.54, 1.807) is 24.3 Å². The number of carbonyl (C=O) groups is 1. The van der Waals surface area contributed by atoms with Crippen molar-refractivity contribution in [3.05, 3.63) is 53.9 Å². The molecule has 0 spiro atoms. The molecule has 7 heteroatoms. The van der Waals surface area contributed by atoms with E-state index < -0.39 is 5.97 Å². The van der Waals surface area contributed by atoms with Crippen LogP contribution < -0.4 is 9.47 Å². The number of rotatable bonds is 6. The maximum Gasteiger partial charge on any atom is 0.337 e. The Morgan fingerprint density at radius 1 is 1.21 bits per heavy atom. The van der Waals surface area contributed by atoms with E-state index in [9.17, 15) is 4.79 Å². The molecule has 3 aromatic rings. The van der Waals surface area contributed by atoms with Crippen LogP contribution in [0.2, 0.25) is 0 Å². The molecule has 0 N–H and O–H groups in total. The molecule has 1 aliphatic rings. The van der Waals surface area contributed by atoms with Crippen LogP contribution in [-0.2, 0) is 23.1 Å². The predicted molar refractivity (Wildman–Crippen MR) is 107 cm³/mol. The second-order valence-corrected chi connectivity index (χ2v) is 6.95. The topological polar surface area (TPSA) is 71.8 Å². The van der Waals surface area contributed by atoms with E-state index in [4.69, 9.17) is 23.9 Å². The van der Waals surface area contributed by atoms with Gasteiger partial charge in [0.15, 0.2) is 0 Å². The highest BCUT2D eigenvalue weighted by Gasteiger charge is 2.19. The van der Waals surface area contributed by atoms with Gasteiger partial charge in [0.05, 0.1) is 31.4 Å². The number of carbonyl (C=O) groups excluding carboxylic acids is 1. The fourth-order valence-electron chi connectivity index (χ4n) is 3.41. The first-order valence-corrected chi connectivity index (χ1v) is 9.65. The first-order valence-electron chi connectivity index (χ1n) is 9.65. The smallest absolute Gasteiger partial charge is 0.337 e. The van der Waals surface area contributed by atoms with E-state index >= 15 is 0 Å². The van der Waals surface area contributed by atoms with Gasteiger partial charge in [-0.1, -0.05) is 12.1 Å². The number of aryl methyl sites for hydroxylation is 1. The SMILES string of the molecule is COC(=O)c1cccc(OCc2nc3c(OC4CCOCC4)cccc3n2C)c1. The number of nitrogens with zero attached hydrogens (tertiary/aromatic N) is 2. The molecule has 0 bridgehead atoms. The number of hydrogen-bond donors (Lipinski definition) is 0. The molecule has 2 aromatic carbocycles. The van der Waals surface area contributed by atoms with Crippen molar-refractivity contribution < 1.29 is 23.7 Å². The van der Waals surface area contributed by atoms with Gasteiger partial charge in [-0.25, -0.2) is 9.78 Å². The van der Waals surface area contributed by atoms with Crippen LogP contribution in [0.3, 0.4) is 0 Å². The van der Waals surface area contributed by atoms with Crippen molar-refractivity contribution in [1.82, 2.24) is 9.55 Å². The van der Waals surface area contributed by atoms with Crippen LogP contribution in [-0.4, -0.2) is 41.9 Å². The van der Waals surface area contributed by atoms with Crippen LogP contribution >= 0.6 is 0 Å². The first kappa shape index (κ1) is 19.3. The lowest BCUT2D eigenvalue weighted by molar-refractivity contribution is 0.0261. The van der Waals surface area contributed by atoms with Gasteiger partial charge in [-0.3, -0.25) is 0 Å². The average molecular weight is 396 g/mol. The predicted octanol–water partition coefficient (Wildman–Crippen LogP) is 3.50. The van der Waals surface area contributed by atoms with Crippen LogP contribution in [0.4, 0.5) is 0 Å². The van der Waals surface area contributed by atoms with Gasteiger partial charge in [0, 0.05) is 19.9 Å². The first-order chi connectivity index (χ1) is 14.2. The van der Waals surface area contributed by atoms with Gasteiger partial charge in [-0.2, -0.15) is 0 Å². The van der Waals surface area contributed by atoms with Gasteiger partial charge in [0.25, 0.3) is 0 Å². The van der Waals surface area contributed by atoms with Gasteiger partial charge in [-0.05, 0) is 30.3 Å². The largest absolute Gasteiger partial charge is 0.488 e. The molecule has 1 fully saturated rings. The van der Waals surface area contributed by atoms with Crippen molar-refractivity contribution >= 4 is 17.0 Å². The Bertz CT molecular complexity index is 1010. The van der Waals surface area contributed by atoms with E-state index in [-0.39, 0.29) is 12.7 Å². The second kappa shape index (κ2) is 8.53. The normalized spacial score (nSPS) is 14.7. The second-order valence-electron chi connectivity index (χ2n) is 6.95. The van der Waals surface area contributed by atoms with Crippen LogP contribution in [0.15, 0.2) is 42.5 Å². The fourth-order valence-corrected chi connectivity index (χ4v) is 3.41. The van der Waals surface area contributed by atoms with Crippen molar-refractivity contribution in [2.24, 2.45) is 7.05 Å². The van der Waals surface area contributed by atoms with E-state index in [0.29, 0.717) is 11.3 Å². The molecule has 0 unspecified atom stereocenters. The third-order valence-electron chi connectivity index (χ3n) is 5.05. The highest BCUT2D eigenvalue weighted by Crippen LogP contribution is 2.28. The van der Waals surface area contributed by atoms with Gasteiger partial charge < -0.3 is 23.5 Å². The maximum atomic E-state index is 11.7. The molecule has 1 saturated heterocycles. The standard InChI is InChI=1S/C22H24N2O5/c1-24-18-7-4-8-19(29-16-9-11-27-12-10-16)21(18)23-20(24)14-28-17-6-3-5-15(13-17)22(25)26-2/h3-8,13,16H,9-12,14H2,1-2H3. The quantitative estimate of drug-likeness (QED) is 0.594. The van der Waals surface area contributed by atoms with Crippen molar-refractivity contribution in [3.63, 3.8) is 0 Å². The Labute approximate surface area is 169 Å². The third-order valence-corrected chi connectivity index (χ3v) is 5.05. The molecule has 1 aromatic heterocycles. The summed E-state index contributed by atoms with van der Waals surface area (Å²) in [5.74, 6) is 1.74. The van der Waals surface area contributed by atoms with Crippen molar-refractivity contribution in [1.29, 1.82) is 0 Å². The van der Waals surface area contributed by atoms with E-state index in [1.165, 1.54) is 7.11 Å². The minimum Gasteiger partial charge on any atom is -0.488 e. The van der Waals surface area contributed by atoms with Crippen LogP contribution in [0.25, 0.3) is 11.0 Å². The fraction of sp³-hybridized carbons (Fsp3) is 0.364. The summed E-state index contributed by atoms with van der Waals surface area (Å²) in [6, 6.07) is 12.9. The molecule has 0 radical (unpaired) electrons. The number of para-hydroxylation sites is 1. The van der Waals surface area contributed by atoms with Crippen LogP contribution in [0, 0.1) is 0 Å². The minimum atomic E-state index is -0.395. The Kier molecular flexibility index (Phi) is 5.67. The van der Waals surface area contributed by atoms with E-state index in [0.717, 1.165) is 48.7 Å². The molecule has 1 aliphatic heterocycles. The van der Waals surface area contributed by atoms with Gasteiger partial charge >= 0.3 is 5.97 Å². The summed E-state index contributed by atoms with van der Waals surface area (Å²) in [7, 11) is 3.31. The zero-order valence-electron chi connectivity index (χ0n) is 16.6. The number of benzene rings is 2. The lowest BCUT2D eigenvalue weighted by Crippen LogP contribution is -2.25. The summed E-state index contributed by atoms with van der Waals surface area (Å²) in [5, 5.41) is 0. The molecule has 152 valence electrons. The molecule has 0 amide bonds. The van der Waals surface area contributed by atoms with Gasteiger partial charge in [0.1, 0.15) is 35.6 Å². The van der Waals surface area contributed by atoms with E-state index in [1.807, 2.05) is 29.8 Å². The summed E-state index contributed by atoms with van der Waals surface area (Å²) < 4.78 is 24.2. The molecule has 4 rings (SSSR count). The monoisotopic (exact) mass is 396 g/mol. The number of hydrogen-bond acceptors (Lipinski definition) is 6. The Morgan fingerprint density at radius 2 is 2.00 bits per heavy atom. The van der Waals surface area contributed by atoms with Crippen molar-refractivity contribution in [2.75, 3.05) is 20.3 Å². The Hall–Kier alpha value is -3.06. The lowest BCUT2D eigenvalue weighted by atomic mass is 10.1. The zero-order valence-corrected chi connectivity index (χ0v) is 16.6. The summed E-state index contributed by atoms with van der Waals surface area (Å²) in [6.07, 6.45) is 1.92. The number of fused-ring (bicyclic) bond motifs is 1. The summed E-state index contributed by atoms with van der Waals surface area (Å²) in [4.78, 5) is 16.5. The molecule has 0 aliphatic carbocycles. The summed E-state index contributed by atoms with van der Waals surface area (Å²) in [6.45, 7) is 1.73. The summed E-state index contributed by atoms with van der Waals surface area (Å²) >= 11 is 0. The third kappa shape index (κ3) is 4.19. The average Bonchev–Trinajstić information content (AvgIpc) is 3.09. The Balaban J connectivity index is 1.53. The number of aromatic nitrogens is 2. The molecular formula is C22H24N2O5. The van der Waals surface area contributed by atoms with Crippen molar-refractivity contribution in [3.8, 4) is 11.5 Å². The molecule has 0 saturated carbocycles. The molecule has 7 nitrogen and oxygen atoms in total. The van der Waals surface area contributed by atoms with Gasteiger partial charge in [0.2, 0.25) is 0 Å². The summed E-state index contributed by atoms with van der Waals surface area (Å²) in [5.41, 5.74) is 2.25. The number of methoxy groups -OCH3 is 1. The number of imidazole rings is 1. The van der Waals surface area contributed by atoms with Gasteiger partial charge in [-0.15, -0.1) is 0 Å². The van der Waals surface area contributed by atoms with Crippen LogP contribution in [0.5, 0.6) is 11.5 Å². The highest BCUT2D eigenvalue weighted by molar-refractivity contribution is 5.89. The molecule has 0 atom stereocenters. The maximum absolute atomic E-state index is 11.7. The minimum absolute atomic E-state index is 0.150. The molecular weight excluding hydrogens is 372 g/mol. The highest BCUT2D eigenvalue weighted by atomic mass is 16.5. The Morgan fingerprint density at radius 3 is 2.79 bits per heavy atom. The zero-order chi connectivity index (χ0) is 20.2. The molecule has 29 heavy (non-hydrogen) atoms. The van der Waals surface area contributed by atoms with Crippen molar-refractivity contribution in [2.45, 2.75) is 25.6 Å².